The minimum absolute atomic E-state index is 0.0670. The quantitative estimate of drug-likeness (QED) is 0.842. The summed E-state index contributed by atoms with van der Waals surface area (Å²) in [4.78, 5) is 4.23. The van der Waals surface area contributed by atoms with Crippen molar-refractivity contribution in [2.45, 2.75) is 24.4 Å². The van der Waals surface area contributed by atoms with E-state index in [1.807, 2.05) is 17.7 Å². The minimum Gasteiger partial charge on any atom is -0.380 e. The van der Waals surface area contributed by atoms with Gasteiger partial charge in [-0.3, -0.25) is 0 Å². The topological polar surface area (TPSA) is 76.0 Å². The van der Waals surface area contributed by atoms with Crippen molar-refractivity contribution < 1.29 is 8.42 Å². The van der Waals surface area contributed by atoms with Crippen molar-refractivity contribution in [1.29, 1.82) is 0 Å². The van der Waals surface area contributed by atoms with E-state index in [2.05, 4.69) is 15.0 Å². The second-order valence-electron chi connectivity index (χ2n) is 4.51. The average molecular weight is 294 g/mol. The molecule has 1 aromatic carbocycles. The summed E-state index contributed by atoms with van der Waals surface area (Å²) in [7, 11) is -2.06. The fraction of sp³-hybridized carbons (Fsp3) is 0.308. The van der Waals surface area contributed by atoms with Gasteiger partial charge in [0.05, 0.1) is 12.0 Å². The van der Waals surface area contributed by atoms with Crippen LogP contribution in [0.15, 0.2) is 47.9 Å². The molecule has 0 radical (unpaired) electrons. The third-order valence-electron chi connectivity index (χ3n) is 2.89. The first-order chi connectivity index (χ1) is 9.53. The molecule has 0 spiro atoms. The molecule has 1 atom stereocenters. The second kappa shape index (κ2) is 6.06. The van der Waals surface area contributed by atoms with Gasteiger partial charge in [-0.05, 0) is 26.1 Å². The minimum atomic E-state index is -3.47. The smallest absolute Gasteiger partial charge is 0.242 e. The van der Waals surface area contributed by atoms with E-state index in [4.69, 9.17) is 0 Å². The Labute approximate surface area is 118 Å². The van der Waals surface area contributed by atoms with Crippen LogP contribution in [-0.2, 0) is 16.6 Å². The molecule has 0 amide bonds. The predicted octanol–water partition coefficient (Wildman–Crippen LogP) is 1.29. The van der Waals surface area contributed by atoms with E-state index in [0.29, 0.717) is 12.2 Å². The highest BCUT2D eigenvalue weighted by molar-refractivity contribution is 7.89. The fourth-order valence-corrected chi connectivity index (χ4v) is 2.85. The molecule has 0 aliphatic carbocycles. The first kappa shape index (κ1) is 14.5. The molecule has 0 saturated carbocycles. The molecule has 1 heterocycles. The predicted molar refractivity (Wildman–Crippen MR) is 78.0 cm³/mol. The van der Waals surface area contributed by atoms with E-state index in [1.54, 1.807) is 36.8 Å². The molecule has 2 N–H and O–H groups in total. The van der Waals surface area contributed by atoms with Gasteiger partial charge in [-0.1, -0.05) is 12.1 Å². The molecule has 7 heteroatoms. The maximum absolute atomic E-state index is 12.0. The highest BCUT2D eigenvalue weighted by Crippen LogP contribution is 2.21. The number of rotatable bonds is 6. The lowest BCUT2D eigenvalue weighted by Crippen LogP contribution is -2.25. The van der Waals surface area contributed by atoms with Crippen LogP contribution in [0.25, 0.3) is 0 Å². The van der Waals surface area contributed by atoms with Gasteiger partial charge in [0.1, 0.15) is 4.90 Å². The van der Waals surface area contributed by atoms with Crippen LogP contribution >= 0.6 is 0 Å². The van der Waals surface area contributed by atoms with E-state index < -0.39 is 10.0 Å². The van der Waals surface area contributed by atoms with Gasteiger partial charge in [-0.15, -0.1) is 0 Å². The van der Waals surface area contributed by atoms with Gasteiger partial charge in [0.25, 0.3) is 0 Å². The molecule has 108 valence electrons. The molecule has 1 aromatic heterocycles. The molecule has 0 fully saturated rings. The lowest BCUT2D eigenvalue weighted by atomic mass is 10.2. The second-order valence-corrected chi connectivity index (χ2v) is 6.36. The number of sulfonamides is 1. The van der Waals surface area contributed by atoms with E-state index in [9.17, 15) is 8.42 Å². The summed E-state index contributed by atoms with van der Waals surface area (Å²) < 4.78 is 28.2. The molecule has 20 heavy (non-hydrogen) atoms. The number of nitrogens with zero attached hydrogens (tertiary/aromatic N) is 2. The molecule has 0 aliphatic rings. The summed E-state index contributed by atoms with van der Waals surface area (Å²) in [5.41, 5.74) is 0.592. The summed E-state index contributed by atoms with van der Waals surface area (Å²) in [6.07, 6.45) is 5.31. The first-order valence-corrected chi connectivity index (χ1v) is 7.76. The number of aromatic nitrogens is 2. The number of hydrogen-bond donors (Lipinski definition) is 2. The Hall–Kier alpha value is -1.86. The summed E-state index contributed by atoms with van der Waals surface area (Å²) in [6, 6.07) is 6.92. The lowest BCUT2D eigenvalue weighted by Gasteiger charge is -2.18. The maximum Gasteiger partial charge on any atom is 0.242 e. The molecular formula is C13H18N4O2S. The number of imidazole rings is 1. The van der Waals surface area contributed by atoms with Gasteiger partial charge >= 0.3 is 0 Å². The van der Waals surface area contributed by atoms with Crippen LogP contribution < -0.4 is 10.0 Å². The fourth-order valence-electron chi connectivity index (χ4n) is 1.95. The summed E-state index contributed by atoms with van der Waals surface area (Å²) in [6.45, 7) is 2.69. The van der Waals surface area contributed by atoms with Crippen LogP contribution in [0.4, 0.5) is 5.69 Å². The van der Waals surface area contributed by atoms with Gasteiger partial charge in [0, 0.05) is 25.0 Å². The van der Waals surface area contributed by atoms with E-state index in [-0.39, 0.29) is 10.9 Å². The summed E-state index contributed by atoms with van der Waals surface area (Å²) in [5, 5.41) is 3.22. The molecular weight excluding hydrogens is 276 g/mol. The Morgan fingerprint density at radius 1 is 1.35 bits per heavy atom. The van der Waals surface area contributed by atoms with Gasteiger partial charge in [-0.2, -0.15) is 0 Å². The van der Waals surface area contributed by atoms with Gasteiger partial charge in [0.15, 0.2) is 0 Å². The van der Waals surface area contributed by atoms with E-state index >= 15 is 0 Å². The van der Waals surface area contributed by atoms with E-state index in [1.165, 1.54) is 7.05 Å². The zero-order chi connectivity index (χ0) is 14.6. The molecule has 0 bridgehead atoms. The highest BCUT2D eigenvalue weighted by atomic mass is 32.2. The van der Waals surface area contributed by atoms with Crippen molar-refractivity contribution in [2.24, 2.45) is 0 Å². The monoisotopic (exact) mass is 294 g/mol. The third kappa shape index (κ3) is 3.37. The zero-order valence-corrected chi connectivity index (χ0v) is 12.3. The van der Waals surface area contributed by atoms with Crippen molar-refractivity contribution in [2.75, 3.05) is 12.4 Å². The number of nitrogens with one attached hydrogen (secondary N) is 2. The van der Waals surface area contributed by atoms with E-state index in [0.717, 1.165) is 0 Å². The largest absolute Gasteiger partial charge is 0.380 e. The van der Waals surface area contributed by atoms with Gasteiger partial charge < -0.3 is 9.88 Å². The van der Waals surface area contributed by atoms with Gasteiger partial charge in [-0.25, -0.2) is 18.1 Å². The van der Waals surface area contributed by atoms with Crippen LogP contribution in [0.2, 0.25) is 0 Å². The maximum atomic E-state index is 12.0. The Kier molecular flexibility index (Phi) is 4.41. The zero-order valence-electron chi connectivity index (χ0n) is 11.4. The van der Waals surface area contributed by atoms with Crippen molar-refractivity contribution in [3.05, 3.63) is 43.0 Å². The standard InChI is InChI=1S/C13H18N4O2S/c1-11(9-17-8-7-15-10-17)16-12-5-3-4-6-13(12)20(18,19)14-2/h3-8,10-11,14,16H,9H2,1-2H3. The van der Waals surface area contributed by atoms with Crippen molar-refractivity contribution in [3.8, 4) is 0 Å². The number of hydrogen-bond acceptors (Lipinski definition) is 4. The average Bonchev–Trinajstić information content (AvgIpc) is 2.92. The van der Waals surface area contributed by atoms with Crippen LogP contribution in [0, 0.1) is 0 Å². The summed E-state index contributed by atoms with van der Waals surface area (Å²) >= 11 is 0. The Morgan fingerprint density at radius 3 is 2.75 bits per heavy atom. The van der Waals surface area contributed by atoms with Crippen molar-refractivity contribution in [3.63, 3.8) is 0 Å². The van der Waals surface area contributed by atoms with Crippen LogP contribution in [0.5, 0.6) is 0 Å². The number of benzene rings is 1. The lowest BCUT2D eigenvalue weighted by molar-refractivity contribution is 0.587. The summed E-state index contributed by atoms with van der Waals surface area (Å²) in [5.74, 6) is 0. The number of anilines is 1. The van der Waals surface area contributed by atoms with Crippen molar-refractivity contribution >= 4 is 15.7 Å². The highest BCUT2D eigenvalue weighted by Gasteiger charge is 2.17. The Balaban J connectivity index is 2.17. The Morgan fingerprint density at radius 2 is 2.10 bits per heavy atom. The molecule has 2 rings (SSSR count). The van der Waals surface area contributed by atoms with Crippen LogP contribution in [0.3, 0.4) is 0 Å². The molecule has 0 aliphatic heterocycles. The van der Waals surface area contributed by atoms with Crippen LogP contribution in [-0.4, -0.2) is 31.1 Å². The molecule has 1 unspecified atom stereocenters. The van der Waals surface area contributed by atoms with Gasteiger partial charge in [0.2, 0.25) is 10.0 Å². The van der Waals surface area contributed by atoms with Crippen LogP contribution in [0.1, 0.15) is 6.92 Å². The SMILES string of the molecule is CNS(=O)(=O)c1ccccc1NC(C)Cn1ccnc1. The number of para-hydroxylation sites is 1. The van der Waals surface area contributed by atoms with Crippen molar-refractivity contribution in [1.82, 2.24) is 14.3 Å². The third-order valence-corrected chi connectivity index (χ3v) is 4.36. The Bertz CT molecular complexity index is 653. The molecule has 0 saturated heterocycles. The first-order valence-electron chi connectivity index (χ1n) is 6.28. The normalized spacial score (nSPS) is 13.1. The molecule has 6 nitrogen and oxygen atoms in total. The molecule has 2 aromatic rings.